The third-order valence-electron chi connectivity index (χ3n) is 5.71. The summed E-state index contributed by atoms with van der Waals surface area (Å²) in [5.41, 5.74) is 3.00. The molecule has 1 aliphatic heterocycles. The zero-order valence-electron chi connectivity index (χ0n) is 17.3. The molecule has 0 spiro atoms. The molecule has 0 aromatic heterocycles. The van der Waals surface area contributed by atoms with Gasteiger partial charge in [0.05, 0.1) is 5.41 Å². The molecule has 2 aromatic rings. The summed E-state index contributed by atoms with van der Waals surface area (Å²) in [6.45, 7) is 2.88. The summed E-state index contributed by atoms with van der Waals surface area (Å²) in [5.74, 6) is 0.846. The van der Waals surface area contributed by atoms with Crippen LogP contribution in [0.25, 0.3) is 0 Å². The van der Waals surface area contributed by atoms with Crippen molar-refractivity contribution in [3.05, 3.63) is 65.7 Å². The number of carbonyl (C=O) groups is 2. The second kappa shape index (κ2) is 10.00. The Hall–Kier alpha value is -2.51. The summed E-state index contributed by atoms with van der Waals surface area (Å²) < 4.78 is 5.84. The molecule has 1 fully saturated rings. The molecule has 6 nitrogen and oxygen atoms in total. The van der Waals surface area contributed by atoms with Crippen LogP contribution in [0.3, 0.4) is 0 Å². The lowest BCUT2D eigenvalue weighted by atomic mass is 9.81. The van der Waals surface area contributed by atoms with Crippen LogP contribution < -0.4 is 10.2 Å². The molecule has 1 aliphatic rings. The van der Waals surface area contributed by atoms with Crippen LogP contribution in [0.4, 0.5) is 0 Å². The Morgan fingerprint density at radius 1 is 1.23 bits per heavy atom. The molecule has 0 saturated carbocycles. The van der Waals surface area contributed by atoms with E-state index in [1.807, 2.05) is 67.8 Å². The van der Waals surface area contributed by atoms with Crippen molar-refractivity contribution in [1.82, 2.24) is 10.4 Å². The predicted molar refractivity (Wildman–Crippen MR) is 118 cm³/mol. The largest absolute Gasteiger partial charge is 0.489 e. The summed E-state index contributed by atoms with van der Waals surface area (Å²) in [6, 6.07) is 16.9. The number of benzene rings is 2. The van der Waals surface area contributed by atoms with Crippen molar-refractivity contribution in [2.45, 2.75) is 37.8 Å². The number of hydrogen-bond acceptors (Lipinski definition) is 5. The minimum absolute atomic E-state index is 0.0878. The van der Waals surface area contributed by atoms with Crippen molar-refractivity contribution in [2.24, 2.45) is 0 Å². The molecule has 0 radical (unpaired) electrons. The van der Waals surface area contributed by atoms with Crippen LogP contribution in [0.15, 0.2) is 54.6 Å². The third kappa shape index (κ3) is 4.79. The second-order valence-electron chi connectivity index (χ2n) is 7.65. The molecule has 0 aliphatic carbocycles. The van der Waals surface area contributed by atoms with E-state index in [-0.39, 0.29) is 5.91 Å². The summed E-state index contributed by atoms with van der Waals surface area (Å²) in [4.78, 5) is 27.0. The number of likely N-dealkylation sites (tertiary alicyclic amines) is 1. The third-order valence-corrected chi connectivity index (χ3v) is 6.35. The number of ether oxygens (including phenoxy) is 1. The fraction of sp³-hybridized carbons (Fsp3) is 0.391. The highest BCUT2D eigenvalue weighted by atomic mass is 32.2. The Morgan fingerprint density at radius 2 is 1.93 bits per heavy atom. The number of thioether (sulfide) groups is 1. The van der Waals surface area contributed by atoms with Gasteiger partial charge < -0.3 is 9.64 Å². The molecular formula is C23H28N2O4S. The highest BCUT2D eigenvalue weighted by molar-refractivity contribution is 7.98. The summed E-state index contributed by atoms with van der Waals surface area (Å²) in [7, 11) is 0. The molecule has 7 heteroatoms. The van der Waals surface area contributed by atoms with Gasteiger partial charge in [0.1, 0.15) is 18.4 Å². The van der Waals surface area contributed by atoms with Gasteiger partial charge >= 0.3 is 0 Å². The van der Waals surface area contributed by atoms with Crippen LogP contribution in [0.2, 0.25) is 0 Å². The van der Waals surface area contributed by atoms with Gasteiger partial charge in [-0.1, -0.05) is 42.5 Å². The van der Waals surface area contributed by atoms with Crippen LogP contribution in [0.5, 0.6) is 5.75 Å². The van der Waals surface area contributed by atoms with Crippen LogP contribution in [-0.2, 0) is 21.6 Å². The van der Waals surface area contributed by atoms with E-state index in [9.17, 15) is 9.59 Å². The average Bonchev–Trinajstić information content (AvgIpc) is 3.09. The molecule has 2 atom stereocenters. The fourth-order valence-corrected chi connectivity index (χ4v) is 4.29. The molecule has 0 bridgehead atoms. The predicted octanol–water partition coefficient (Wildman–Crippen LogP) is 3.38. The number of nitrogens with zero attached hydrogens (tertiary/aromatic N) is 1. The molecule has 30 heavy (non-hydrogen) atoms. The van der Waals surface area contributed by atoms with Gasteiger partial charge in [-0.3, -0.25) is 14.8 Å². The first kappa shape index (κ1) is 22.2. The van der Waals surface area contributed by atoms with E-state index in [0.29, 0.717) is 26.0 Å². The molecule has 2 N–H and O–H groups in total. The van der Waals surface area contributed by atoms with Gasteiger partial charge in [0.25, 0.3) is 5.91 Å². The lowest BCUT2D eigenvalue weighted by Gasteiger charge is -2.29. The summed E-state index contributed by atoms with van der Waals surface area (Å²) in [6.07, 6.45) is 3.07. The fourth-order valence-electron chi connectivity index (χ4n) is 3.83. The maximum absolute atomic E-state index is 13.3. The van der Waals surface area contributed by atoms with E-state index in [2.05, 4.69) is 0 Å². The Labute approximate surface area is 181 Å². The summed E-state index contributed by atoms with van der Waals surface area (Å²) in [5, 5.41) is 9.10. The maximum atomic E-state index is 13.3. The monoisotopic (exact) mass is 428 g/mol. The van der Waals surface area contributed by atoms with Crippen molar-refractivity contribution in [3.63, 3.8) is 0 Å². The standard InChI is InChI=1S/C23H28N2O4S/c1-23(13-14-25(22(23)27)20(12-15-30-2)21(26)24-28)18-8-10-19(11-9-18)29-16-17-6-4-3-5-7-17/h3-11,20,28H,12-16H2,1-2H3,(H,24,26). The molecular weight excluding hydrogens is 400 g/mol. The van der Waals surface area contributed by atoms with E-state index < -0.39 is 17.4 Å². The highest BCUT2D eigenvalue weighted by Gasteiger charge is 2.47. The number of hydroxylamine groups is 1. The van der Waals surface area contributed by atoms with Crippen molar-refractivity contribution in [2.75, 3.05) is 18.6 Å². The van der Waals surface area contributed by atoms with Gasteiger partial charge in [-0.2, -0.15) is 11.8 Å². The number of rotatable bonds is 9. The van der Waals surface area contributed by atoms with Crippen molar-refractivity contribution < 1.29 is 19.5 Å². The van der Waals surface area contributed by atoms with Crippen molar-refractivity contribution in [1.29, 1.82) is 0 Å². The van der Waals surface area contributed by atoms with Crippen molar-refractivity contribution >= 4 is 23.6 Å². The molecule has 2 amide bonds. The number of nitrogens with one attached hydrogen (secondary N) is 1. The Kier molecular flexibility index (Phi) is 7.39. The lowest BCUT2D eigenvalue weighted by molar-refractivity contribution is -0.143. The van der Waals surface area contributed by atoms with Gasteiger partial charge in [-0.15, -0.1) is 0 Å². The van der Waals surface area contributed by atoms with Crippen LogP contribution in [0, 0.1) is 0 Å². The first-order chi connectivity index (χ1) is 14.5. The molecule has 2 unspecified atom stereocenters. The Balaban J connectivity index is 1.70. The van der Waals surface area contributed by atoms with Crippen LogP contribution in [-0.4, -0.2) is 46.5 Å². The van der Waals surface area contributed by atoms with E-state index >= 15 is 0 Å². The normalized spacial score (nSPS) is 19.6. The van der Waals surface area contributed by atoms with Crippen LogP contribution in [0.1, 0.15) is 30.9 Å². The number of carbonyl (C=O) groups excluding carboxylic acids is 2. The lowest BCUT2D eigenvalue weighted by Crippen LogP contribution is -2.49. The Morgan fingerprint density at radius 3 is 2.57 bits per heavy atom. The minimum atomic E-state index is -0.703. The molecule has 160 valence electrons. The van der Waals surface area contributed by atoms with E-state index in [0.717, 1.165) is 22.6 Å². The molecule has 3 rings (SSSR count). The first-order valence-electron chi connectivity index (χ1n) is 10.0. The summed E-state index contributed by atoms with van der Waals surface area (Å²) >= 11 is 1.61. The van der Waals surface area contributed by atoms with E-state index in [1.54, 1.807) is 22.1 Å². The number of amides is 2. The zero-order valence-corrected chi connectivity index (χ0v) is 18.2. The zero-order chi connectivity index (χ0) is 21.6. The van der Waals surface area contributed by atoms with E-state index in [1.165, 1.54) is 0 Å². The maximum Gasteiger partial charge on any atom is 0.266 e. The van der Waals surface area contributed by atoms with Gasteiger partial charge in [0.2, 0.25) is 5.91 Å². The average molecular weight is 429 g/mol. The molecule has 2 aromatic carbocycles. The number of hydrogen-bond donors (Lipinski definition) is 2. The first-order valence-corrected chi connectivity index (χ1v) is 11.4. The van der Waals surface area contributed by atoms with Gasteiger partial charge in [-0.25, -0.2) is 5.48 Å². The van der Waals surface area contributed by atoms with Gasteiger partial charge in [0.15, 0.2) is 0 Å². The van der Waals surface area contributed by atoms with Crippen molar-refractivity contribution in [3.8, 4) is 5.75 Å². The topological polar surface area (TPSA) is 78.9 Å². The molecule has 1 saturated heterocycles. The smallest absolute Gasteiger partial charge is 0.266 e. The highest BCUT2D eigenvalue weighted by Crippen LogP contribution is 2.37. The quantitative estimate of drug-likeness (QED) is 0.473. The van der Waals surface area contributed by atoms with Gasteiger partial charge in [0, 0.05) is 6.54 Å². The Bertz CT molecular complexity index is 859. The SMILES string of the molecule is CSCCC(C(=O)NO)N1CCC(C)(c2ccc(OCc3ccccc3)cc2)C1=O. The molecule has 1 heterocycles. The second-order valence-corrected chi connectivity index (χ2v) is 8.64. The minimum Gasteiger partial charge on any atom is -0.489 e. The van der Waals surface area contributed by atoms with Gasteiger partial charge in [-0.05, 0) is 55.0 Å². The van der Waals surface area contributed by atoms with Crippen LogP contribution >= 0.6 is 11.8 Å². The van der Waals surface area contributed by atoms with E-state index in [4.69, 9.17) is 9.94 Å².